The van der Waals surface area contributed by atoms with E-state index in [0.29, 0.717) is 62.2 Å². The van der Waals surface area contributed by atoms with Crippen molar-refractivity contribution in [2.45, 2.75) is 39.0 Å². The third-order valence-corrected chi connectivity index (χ3v) is 7.42. The predicted molar refractivity (Wildman–Crippen MR) is 161 cm³/mol. The third-order valence-electron chi connectivity index (χ3n) is 7.42. The highest BCUT2D eigenvalue weighted by Crippen LogP contribution is 2.41. The summed E-state index contributed by atoms with van der Waals surface area (Å²) < 4.78 is 29.2. The molecule has 0 aliphatic carbocycles. The lowest BCUT2D eigenvalue weighted by atomic mass is 9.88. The van der Waals surface area contributed by atoms with E-state index in [9.17, 15) is 4.79 Å². The Bertz CT molecular complexity index is 1470. The van der Waals surface area contributed by atoms with E-state index >= 15 is 0 Å². The molecule has 0 saturated heterocycles. The third kappa shape index (κ3) is 6.79. The molecule has 7 nitrogen and oxygen atoms in total. The summed E-state index contributed by atoms with van der Waals surface area (Å²) in [6, 6.07) is 29.7. The zero-order valence-electron chi connectivity index (χ0n) is 24.4. The van der Waals surface area contributed by atoms with Crippen LogP contribution in [0, 0.1) is 0 Å². The zero-order chi connectivity index (χ0) is 29.3. The quantitative estimate of drug-likeness (QED) is 0.192. The number of rotatable bonds is 11. The maximum Gasteiger partial charge on any atom is 0.410 e. The van der Waals surface area contributed by atoms with Gasteiger partial charge in [-0.1, -0.05) is 66.7 Å². The molecule has 1 atom stereocenters. The van der Waals surface area contributed by atoms with Crippen LogP contribution < -0.4 is 18.9 Å². The van der Waals surface area contributed by atoms with Crippen LogP contribution in [-0.2, 0) is 30.8 Å². The Morgan fingerprint density at radius 3 is 1.98 bits per heavy atom. The lowest BCUT2D eigenvalue weighted by molar-refractivity contribution is 0.0863. The van der Waals surface area contributed by atoms with Gasteiger partial charge in [-0.05, 0) is 71.8 Å². The van der Waals surface area contributed by atoms with E-state index < -0.39 is 0 Å². The van der Waals surface area contributed by atoms with Crippen LogP contribution in [0.25, 0.3) is 0 Å². The Labute approximate surface area is 247 Å². The molecule has 4 aromatic carbocycles. The van der Waals surface area contributed by atoms with Gasteiger partial charge in [0.2, 0.25) is 0 Å². The van der Waals surface area contributed by atoms with Crippen LogP contribution in [0.1, 0.15) is 40.8 Å². The molecule has 1 unspecified atom stereocenters. The summed E-state index contributed by atoms with van der Waals surface area (Å²) in [5, 5.41) is 0. The molecule has 7 heteroatoms. The first-order valence-electron chi connectivity index (χ1n) is 14.2. The molecule has 5 rings (SSSR count). The molecule has 1 aliphatic heterocycles. The average molecular weight is 568 g/mol. The second-order valence-electron chi connectivity index (χ2n) is 10.1. The lowest BCUT2D eigenvalue weighted by Crippen LogP contribution is -2.41. The molecule has 0 spiro atoms. The van der Waals surface area contributed by atoms with Crippen LogP contribution in [0.4, 0.5) is 4.79 Å². The van der Waals surface area contributed by atoms with E-state index in [1.165, 1.54) is 0 Å². The molecule has 1 amide bonds. The minimum Gasteiger partial charge on any atom is -0.493 e. The number of carbonyl (C=O) groups is 1. The van der Waals surface area contributed by atoms with Crippen LogP contribution in [0.5, 0.6) is 23.0 Å². The van der Waals surface area contributed by atoms with Crippen molar-refractivity contribution in [2.75, 3.05) is 27.4 Å². The fourth-order valence-corrected chi connectivity index (χ4v) is 5.28. The smallest absolute Gasteiger partial charge is 0.410 e. The maximum atomic E-state index is 13.1. The molecule has 0 N–H and O–H groups in total. The van der Waals surface area contributed by atoms with Gasteiger partial charge in [-0.15, -0.1) is 0 Å². The summed E-state index contributed by atoms with van der Waals surface area (Å²) in [6.45, 7) is 3.52. The van der Waals surface area contributed by atoms with Gasteiger partial charge >= 0.3 is 6.09 Å². The SMILES string of the molecule is CCOC(=O)N1CCc2cc(OC)c(OCc3ccccc3)cc2C1Cc1ccc(OCc2ccccc2)c(OC)c1. The van der Waals surface area contributed by atoms with Crippen molar-refractivity contribution in [3.05, 3.63) is 119 Å². The predicted octanol–water partition coefficient (Wildman–Crippen LogP) is 7.16. The molecule has 4 aromatic rings. The Kier molecular flexibility index (Phi) is 9.49. The number of nitrogens with zero attached hydrogens (tertiary/aromatic N) is 1. The number of benzene rings is 4. The standard InChI is InChI=1S/C35H37NO6/c1-4-40-35(37)36-18-17-28-21-33(39-3)34(42-24-26-13-9-6-10-14-26)22-29(28)30(36)19-27-15-16-31(32(20-27)38-2)41-23-25-11-7-5-8-12-25/h5-16,20-22,30H,4,17-19,23-24H2,1-3H3. The average Bonchev–Trinajstić information content (AvgIpc) is 3.03. The number of ether oxygens (including phenoxy) is 5. The van der Waals surface area contributed by atoms with Gasteiger partial charge in [0.1, 0.15) is 13.2 Å². The number of carbonyl (C=O) groups excluding carboxylic acids is 1. The van der Waals surface area contributed by atoms with E-state index in [0.717, 1.165) is 27.8 Å². The Morgan fingerprint density at radius 2 is 1.36 bits per heavy atom. The van der Waals surface area contributed by atoms with Crippen molar-refractivity contribution >= 4 is 6.09 Å². The van der Waals surface area contributed by atoms with Gasteiger partial charge in [-0.3, -0.25) is 0 Å². The van der Waals surface area contributed by atoms with Crippen molar-refractivity contribution in [2.24, 2.45) is 0 Å². The second kappa shape index (κ2) is 13.8. The van der Waals surface area contributed by atoms with E-state index in [4.69, 9.17) is 23.7 Å². The number of amides is 1. The van der Waals surface area contributed by atoms with Crippen molar-refractivity contribution in [3.8, 4) is 23.0 Å². The fraction of sp³-hybridized carbons (Fsp3) is 0.286. The second-order valence-corrected chi connectivity index (χ2v) is 10.1. The Balaban J connectivity index is 1.44. The number of fused-ring (bicyclic) bond motifs is 1. The van der Waals surface area contributed by atoms with Gasteiger partial charge < -0.3 is 28.6 Å². The summed E-state index contributed by atoms with van der Waals surface area (Å²) in [4.78, 5) is 14.9. The Morgan fingerprint density at radius 1 is 0.738 bits per heavy atom. The fourth-order valence-electron chi connectivity index (χ4n) is 5.28. The topological polar surface area (TPSA) is 66.5 Å². The molecular weight excluding hydrogens is 530 g/mol. The highest BCUT2D eigenvalue weighted by molar-refractivity contribution is 5.69. The van der Waals surface area contributed by atoms with E-state index in [1.54, 1.807) is 14.2 Å². The van der Waals surface area contributed by atoms with E-state index in [-0.39, 0.29) is 12.1 Å². The van der Waals surface area contributed by atoms with Gasteiger partial charge in [0.15, 0.2) is 23.0 Å². The molecule has 42 heavy (non-hydrogen) atoms. The van der Waals surface area contributed by atoms with Crippen LogP contribution >= 0.6 is 0 Å². The minimum atomic E-state index is -0.328. The summed E-state index contributed by atoms with van der Waals surface area (Å²) >= 11 is 0. The van der Waals surface area contributed by atoms with Gasteiger partial charge in [0, 0.05) is 6.54 Å². The summed E-state index contributed by atoms with van der Waals surface area (Å²) in [5.41, 5.74) is 5.28. The van der Waals surface area contributed by atoms with Gasteiger partial charge in [0.25, 0.3) is 0 Å². The summed E-state index contributed by atoms with van der Waals surface area (Å²) in [7, 11) is 3.29. The van der Waals surface area contributed by atoms with Crippen molar-refractivity contribution in [1.82, 2.24) is 4.90 Å². The van der Waals surface area contributed by atoms with Gasteiger partial charge in [0.05, 0.1) is 26.9 Å². The molecule has 1 aliphatic rings. The van der Waals surface area contributed by atoms with E-state index in [2.05, 4.69) is 0 Å². The van der Waals surface area contributed by atoms with E-state index in [1.807, 2.05) is 103 Å². The molecule has 218 valence electrons. The highest BCUT2D eigenvalue weighted by atomic mass is 16.6. The van der Waals surface area contributed by atoms with Gasteiger partial charge in [-0.25, -0.2) is 4.79 Å². The normalized spacial score (nSPS) is 14.1. The van der Waals surface area contributed by atoms with Crippen LogP contribution in [-0.4, -0.2) is 38.4 Å². The lowest BCUT2D eigenvalue weighted by Gasteiger charge is -2.37. The van der Waals surface area contributed by atoms with Crippen LogP contribution in [0.3, 0.4) is 0 Å². The molecule has 0 aromatic heterocycles. The molecular formula is C35H37NO6. The summed E-state index contributed by atoms with van der Waals surface area (Å²) in [5.74, 6) is 2.62. The minimum absolute atomic E-state index is 0.265. The van der Waals surface area contributed by atoms with Crippen molar-refractivity contribution < 1.29 is 28.5 Å². The Hall–Kier alpha value is -4.65. The monoisotopic (exact) mass is 567 g/mol. The molecule has 0 fully saturated rings. The first-order valence-corrected chi connectivity index (χ1v) is 14.2. The van der Waals surface area contributed by atoms with Crippen molar-refractivity contribution in [1.29, 1.82) is 0 Å². The largest absolute Gasteiger partial charge is 0.493 e. The number of methoxy groups -OCH3 is 2. The van der Waals surface area contributed by atoms with Crippen LogP contribution in [0.2, 0.25) is 0 Å². The van der Waals surface area contributed by atoms with Crippen molar-refractivity contribution in [3.63, 3.8) is 0 Å². The molecule has 1 heterocycles. The maximum absolute atomic E-state index is 13.1. The number of hydrogen-bond acceptors (Lipinski definition) is 6. The summed E-state index contributed by atoms with van der Waals surface area (Å²) in [6.07, 6.45) is 0.923. The zero-order valence-corrected chi connectivity index (χ0v) is 24.4. The number of hydrogen-bond donors (Lipinski definition) is 0. The molecule has 0 bridgehead atoms. The molecule has 0 radical (unpaired) electrons. The molecule has 0 saturated carbocycles. The first kappa shape index (κ1) is 28.9. The van der Waals surface area contributed by atoms with Crippen LogP contribution in [0.15, 0.2) is 91.0 Å². The van der Waals surface area contributed by atoms with Gasteiger partial charge in [-0.2, -0.15) is 0 Å². The first-order chi connectivity index (χ1) is 20.6. The highest BCUT2D eigenvalue weighted by Gasteiger charge is 2.33.